The van der Waals surface area contributed by atoms with Crippen LogP contribution in [0.5, 0.6) is 0 Å². The quantitative estimate of drug-likeness (QED) is 0.342. The van der Waals surface area contributed by atoms with E-state index in [2.05, 4.69) is 15.1 Å². The molecule has 4 nitrogen and oxygen atoms in total. The third-order valence-electron chi connectivity index (χ3n) is 4.19. The molecule has 9 heteroatoms. The first-order chi connectivity index (χ1) is 13.4. The number of alkyl halides is 3. The van der Waals surface area contributed by atoms with Gasteiger partial charge in [0, 0.05) is 16.0 Å². The third kappa shape index (κ3) is 3.33. The lowest BCUT2D eigenvalue weighted by Crippen LogP contribution is -2.11. The molecule has 28 heavy (non-hydrogen) atoms. The van der Waals surface area contributed by atoms with Crippen molar-refractivity contribution in [1.29, 1.82) is 0 Å². The van der Waals surface area contributed by atoms with E-state index >= 15 is 0 Å². The molecule has 0 radical (unpaired) electrons. The van der Waals surface area contributed by atoms with E-state index in [4.69, 9.17) is 0 Å². The van der Waals surface area contributed by atoms with Crippen LogP contribution >= 0.6 is 11.8 Å². The van der Waals surface area contributed by atoms with Crippen LogP contribution in [0.25, 0.3) is 28.2 Å². The van der Waals surface area contributed by atoms with Crippen LogP contribution in [0.1, 0.15) is 5.69 Å². The molecule has 0 saturated heterocycles. The SMILES string of the molecule is CSc1ccc(-c2cc(-c3cnc4nc(C(F)(F)F)cnn34)ccc2F)cc1. The maximum Gasteiger partial charge on any atom is 0.435 e. The van der Waals surface area contributed by atoms with Gasteiger partial charge in [-0.2, -0.15) is 22.8 Å². The Morgan fingerprint density at radius 1 is 0.964 bits per heavy atom. The summed E-state index contributed by atoms with van der Waals surface area (Å²) < 4.78 is 54.0. The molecule has 2 aromatic carbocycles. The molecule has 4 rings (SSSR count). The summed E-state index contributed by atoms with van der Waals surface area (Å²) in [4.78, 5) is 8.46. The molecular formula is C19H12F4N4S. The molecule has 0 N–H and O–H groups in total. The molecule has 0 atom stereocenters. The summed E-state index contributed by atoms with van der Waals surface area (Å²) in [5.41, 5.74) is 0.923. The van der Waals surface area contributed by atoms with Gasteiger partial charge >= 0.3 is 6.18 Å². The molecule has 0 aliphatic carbocycles. The van der Waals surface area contributed by atoms with Gasteiger partial charge in [-0.25, -0.2) is 14.4 Å². The van der Waals surface area contributed by atoms with Crippen LogP contribution in [0.2, 0.25) is 0 Å². The molecule has 0 aliphatic heterocycles. The monoisotopic (exact) mass is 404 g/mol. The van der Waals surface area contributed by atoms with Crippen molar-refractivity contribution in [3.05, 3.63) is 66.4 Å². The summed E-state index contributed by atoms with van der Waals surface area (Å²) in [6.45, 7) is 0. The largest absolute Gasteiger partial charge is 0.435 e. The van der Waals surface area contributed by atoms with Crippen LogP contribution in [0.15, 0.2) is 59.8 Å². The van der Waals surface area contributed by atoms with E-state index in [9.17, 15) is 17.6 Å². The Morgan fingerprint density at radius 2 is 1.68 bits per heavy atom. The molecule has 0 saturated carbocycles. The Hall–Kier alpha value is -2.94. The number of hydrogen-bond acceptors (Lipinski definition) is 4. The first-order valence-electron chi connectivity index (χ1n) is 8.09. The molecule has 0 aliphatic rings. The van der Waals surface area contributed by atoms with Gasteiger partial charge in [0.25, 0.3) is 5.78 Å². The fraction of sp³-hybridized carbons (Fsp3) is 0.105. The lowest BCUT2D eigenvalue weighted by molar-refractivity contribution is -0.141. The zero-order chi connectivity index (χ0) is 19.9. The number of aromatic nitrogens is 4. The molecule has 0 fully saturated rings. The van der Waals surface area contributed by atoms with Gasteiger partial charge in [-0.15, -0.1) is 11.8 Å². The highest BCUT2D eigenvalue weighted by Crippen LogP contribution is 2.31. The number of halogens is 4. The van der Waals surface area contributed by atoms with Crippen molar-refractivity contribution in [2.45, 2.75) is 11.1 Å². The van der Waals surface area contributed by atoms with Gasteiger partial charge in [-0.1, -0.05) is 12.1 Å². The summed E-state index contributed by atoms with van der Waals surface area (Å²) in [5.74, 6) is -0.583. The van der Waals surface area contributed by atoms with Gasteiger partial charge in [0.05, 0.1) is 18.1 Å². The number of benzene rings is 2. The zero-order valence-electron chi connectivity index (χ0n) is 14.4. The van der Waals surface area contributed by atoms with E-state index in [-0.39, 0.29) is 5.78 Å². The molecule has 2 aromatic heterocycles. The second-order valence-electron chi connectivity index (χ2n) is 5.92. The first kappa shape index (κ1) is 18.4. The van der Waals surface area contributed by atoms with Gasteiger partial charge in [0.2, 0.25) is 0 Å². The highest BCUT2D eigenvalue weighted by molar-refractivity contribution is 7.98. The van der Waals surface area contributed by atoms with Gasteiger partial charge in [0.1, 0.15) is 5.82 Å². The Morgan fingerprint density at radius 3 is 2.36 bits per heavy atom. The fourth-order valence-corrected chi connectivity index (χ4v) is 3.19. The van der Waals surface area contributed by atoms with Gasteiger partial charge in [0.15, 0.2) is 5.69 Å². The number of nitrogens with zero attached hydrogens (tertiary/aromatic N) is 4. The van der Waals surface area contributed by atoms with Crippen molar-refractivity contribution in [3.63, 3.8) is 0 Å². The standard InChI is InChI=1S/C19H12F4N4S/c1-28-13-5-2-11(3-6-13)14-8-12(4-7-15(14)20)16-9-24-18-26-17(19(21,22)23)10-25-27(16)18/h2-10H,1H3. The van der Waals surface area contributed by atoms with Crippen molar-refractivity contribution in [1.82, 2.24) is 19.6 Å². The predicted molar refractivity (Wildman–Crippen MR) is 98.4 cm³/mol. The number of thioether (sulfide) groups is 1. The van der Waals surface area contributed by atoms with E-state index in [1.165, 1.54) is 22.8 Å². The molecule has 0 unspecified atom stereocenters. The smallest absolute Gasteiger partial charge is 0.217 e. The van der Waals surface area contributed by atoms with Crippen LogP contribution in [0, 0.1) is 5.82 Å². The van der Waals surface area contributed by atoms with E-state index in [1.807, 2.05) is 30.5 Å². The molecule has 4 aromatic rings. The minimum Gasteiger partial charge on any atom is -0.217 e. The van der Waals surface area contributed by atoms with E-state index < -0.39 is 17.7 Å². The lowest BCUT2D eigenvalue weighted by atomic mass is 10.0. The summed E-state index contributed by atoms with van der Waals surface area (Å²) >= 11 is 1.58. The minimum absolute atomic E-state index is 0.181. The highest BCUT2D eigenvalue weighted by Gasteiger charge is 2.33. The molecular weight excluding hydrogens is 392 g/mol. The topological polar surface area (TPSA) is 43.1 Å². The minimum atomic E-state index is -4.60. The van der Waals surface area contributed by atoms with Crippen molar-refractivity contribution in [2.24, 2.45) is 0 Å². The number of imidazole rings is 1. The average molecular weight is 404 g/mol. The first-order valence-corrected chi connectivity index (χ1v) is 9.31. The van der Waals surface area contributed by atoms with E-state index in [0.717, 1.165) is 4.90 Å². The Labute approximate surface area is 161 Å². The van der Waals surface area contributed by atoms with Crippen LogP contribution in [0.4, 0.5) is 17.6 Å². The van der Waals surface area contributed by atoms with Gasteiger partial charge in [-0.05, 0) is 42.2 Å². The molecule has 0 bridgehead atoms. The number of rotatable bonds is 3. The number of fused-ring (bicyclic) bond motifs is 1. The average Bonchev–Trinajstić information content (AvgIpc) is 3.11. The fourth-order valence-electron chi connectivity index (χ4n) is 2.78. The van der Waals surface area contributed by atoms with Crippen molar-refractivity contribution in [2.75, 3.05) is 6.26 Å². The summed E-state index contributed by atoms with van der Waals surface area (Å²) in [6.07, 6.45) is -0.647. The maximum absolute atomic E-state index is 14.4. The van der Waals surface area contributed by atoms with Crippen LogP contribution in [0.3, 0.4) is 0 Å². The van der Waals surface area contributed by atoms with Crippen molar-refractivity contribution in [3.8, 4) is 22.4 Å². The summed E-state index contributed by atoms with van der Waals surface area (Å²) in [5, 5.41) is 3.81. The Kier molecular flexibility index (Phi) is 4.54. The van der Waals surface area contributed by atoms with E-state index in [1.54, 1.807) is 17.8 Å². The third-order valence-corrected chi connectivity index (χ3v) is 4.93. The van der Waals surface area contributed by atoms with Crippen LogP contribution in [-0.2, 0) is 6.18 Å². The lowest BCUT2D eigenvalue weighted by Gasteiger charge is -2.08. The summed E-state index contributed by atoms with van der Waals surface area (Å²) in [6, 6.07) is 11.9. The second-order valence-corrected chi connectivity index (χ2v) is 6.80. The Bertz CT molecular complexity index is 1150. The van der Waals surface area contributed by atoms with Gasteiger partial charge in [-0.3, -0.25) is 0 Å². The maximum atomic E-state index is 14.4. The Balaban J connectivity index is 1.79. The van der Waals surface area contributed by atoms with Crippen LogP contribution < -0.4 is 0 Å². The zero-order valence-corrected chi connectivity index (χ0v) is 15.2. The normalized spacial score (nSPS) is 11.9. The molecule has 0 spiro atoms. The van der Waals surface area contributed by atoms with Gasteiger partial charge < -0.3 is 0 Å². The molecule has 142 valence electrons. The van der Waals surface area contributed by atoms with Crippen LogP contribution in [-0.4, -0.2) is 25.8 Å². The molecule has 0 amide bonds. The summed E-state index contributed by atoms with van der Waals surface area (Å²) in [7, 11) is 0. The molecule has 2 heterocycles. The van der Waals surface area contributed by atoms with Crippen molar-refractivity contribution < 1.29 is 17.6 Å². The highest BCUT2D eigenvalue weighted by atomic mass is 32.2. The number of hydrogen-bond donors (Lipinski definition) is 0. The van der Waals surface area contributed by atoms with E-state index in [0.29, 0.717) is 28.6 Å². The van der Waals surface area contributed by atoms with Crippen molar-refractivity contribution >= 4 is 17.5 Å². The predicted octanol–water partition coefficient (Wildman–Crippen LogP) is 5.34. The second kappa shape index (κ2) is 6.90.